The molecule has 6 rings (SSSR count). The summed E-state index contributed by atoms with van der Waals surface area (Å²) >= 11 is 0. The zero-order chi connectivity index (χ0) is 27.3. The fourth-order valence-electron chi connectivity index (χ4n) is 5.77. The fraction of sp³-hybridized carbons (Fsp3) is 0.212. The SMILES string of the molecule is Cc1ccccc1-c1cccc(-c2cc3c(-c4cc(F)c5c(c4C)CCCO5)c(CC(=O)O)c(C)cn3n2)c1. The van der Waals surface area contributed by atoms with Gasteiger partial charge in [0, 0.05) is 22.9 Å². The van der Waals surface area contributed by atoms with E-state index in [1.54, 1.807) is 4.52 Å². The number of halogens is 1. The number of aryl methyl sites for hydroxylation is 2. The second-order valence-electron chi connectivity index (χ2n) is 10.3. The van der Waals surface area contributed by atoms with Crippen molar-refractivity contribution in [1.82, 2.24) is 9.61 Å². The summed E-state index contributed by atoms with van der Waals surface area (Å²) in [6.45, 7) is 6.44. The van der Waals surface area contributed by atoms with E-state index >= 15 is 4.39 Å². The van der Waals surface area contributed by atoms with E-state index in [-0.39, 0.29) is 6.42 Å². The molecular weight excluding hydrogens is 491 g/mol. The third-order valence-electron chi connectivity index (χ3n) is 7.73. The molecule has 1 aliphatic rings. The molecule has 1 N–H and O–H groups in total. The topological polar surface area (TPSA) is 63.8 Å². The number of carboxylic acids is 1. The van der Waals surface area contributed by atoms with Crippen LogP contribution in [-0.4, -0.2) is 27.3 Å². The van der Waals surface area contributed by atoms with Crippen molar-refractivity contribution in [3.8, 4) is 39.3 Å². The maximum atomic E-state index is 15.3. The van der Waals surface area contributed by atoms with Crippen molar-refractivity contribution >= 4 is 11.5 Å². The van der Waals surface area contributed by atoms with E-state index < -0.39 is 11.8 Å². The van der Waals surface area contributed by atoms with Gasteiger partial charge in [0.2, 0.25) is 0 Å². The molecule has 3 aromatic carbocycles. The van der Waals surface area contributed by atoms with Gasteiger partial charge in [-0.25, -0.2) is 8.91 Å². The van der Waals surface area contributed by atoms with Crippen molar-refractivity contribution in [3.63, 3.8) is 0 Å². The maximum Gasteiger partial charge on any atom is 0.307 e. The molecule has 196 valence electrons. The highest BCUT2D eigenvalue weighted by molar-refractivity contribution is 5.91. The van der Waals surface area contributed by atoms with Gasteiger partial charge in [-0.1, -0.05) is 42.5 Å². The number of pyridine rings is 1. The first-order valence-corrected chi connectivity index (χ1v) is 13.2. The number of rotatable bonds is 5. The summed E-state index contributed by atoms with van der Waals surface area (Å²) in [6, 6.07) is 20.0. The number of aromatic nitrogens is 2. The average molecular weight is 521 g/mol. The van der Waals surface area contributed by atoms with Crippen molar-refractivity contribution in [2.45, 2.75) is 40.0 Å². The Morgan fingerprint density at radius 1 is 1.00 bits per heavy atom. The summed E-state index contributed by atoms with van der Waals surface area (Å²) in [4.78, 5) is 11.9. The summed E-state index contributed by atoms with van der Waals surface area (Å²) in [5.74, 6) is -1.04. The summed E-state index contributed by atoms with van der Waals surface area (Å²) in [7, 11) is 0. The van der Waals surface area contributed by atoms with Crippen molar-refractivity contribution in [2.75, 3.05) is 6.61 Å². The van der Waals surface area contributed by atoms with Crippen LogP contribution in [0.3, 0.4) is 0 Å². The van der Waals surface area contributed by atoms with E-state index in [9.17, 15) is 9.90 Å². The summed E-state index contributed by atoms with van der Waals surface area (Å²) in [5.41, 5.74) is 10.5. The minimum Gasteiger partial charge on any atom is -0.490 e. The molecule has 5 aromatic rings. The van der Waals surface area contributed by atoms with Crippen LogP contribution in [0.15, 0.2) is 66.9 Å². The largest absolute Gasteiger partial charge is 0.490 e. The number of nitrogens with zero attached hydrogens (tertiary/aromatic N) is 2. The number of hydrogen-bond acceptors (Lipinski definition) is 3. The van der Waals surface area contributed by atoms with Gasteiger partial charge in [-0.05, 0) is 90.8 Å². The smallest absolute Gasteiger partial charge is 0.307 e. The minimum absolute atomic E-state index is 0.171. The third-order valence-corrected chi connectivity index (χ3v) is 7.73. The van der Waals surface area contributed by atoms with Gasteiger partial charge in [0.15, 0.2) is 11.6 Å². The molecule has 0 amide bonds. The Balaban J connectivity index is 1.58. The minimum atomic E-state index is -0.936. The number of carboxylic acid groups (broad SMARTS) is 1. The van der Waals surface area contributed by atoms with Gasteiger partial charge in [-0.2, -0.15) is 5.10 Å². The number of benzene rings is 3. The Bertz CT molecular complexity index is 1770. The van der Waals surface area contributed by atoms with Gasteiger partial charge in [0.1, 0.15) is 0 Å². The van der Waals surface area contributed by atoms with Crippen LogP contribution in [-0.2, 0) is 17.6 Å². The van der Waals surface area contributed by atoms with Crippen LogP contribution in [0.1, 0.15) is 34.2 Å². The Kier molecular flexibility index (Phi) is 6.18. The van der Waals surface area contributed by atoms with Gasteiger partial charge in [0.05, 0.1) is 24.2 Å². The van der Waals surface area contributed by atoms with Gasteiger partial charge in [0.25, 0.3) is 0 Å². The predicted octanol–water partition coefficient (Wildman–Crippen LogP) is 7.35. The molecule has 1 aliphatic heterocycles. The molecule has 5 nitrogen and oxygen atoms in total. The molecule has 0 atom stereocenters. The molecule has 2 aromatic heterocycles. The lowest BCUT2D eigenvalue weighted by Crippen LogP contribution is -2.13. The molecule has 0 saturated carbocycles. The molecule has 0 bridgehead atoms. The molecule has 0 saturated heterocycles. The Morgan fingerprint density at radius 2 is 1.79 bits per heavy atom. The molecule has 0 radical (unpaired) electrons. The van der Waals surface area contributed by atoms with Crippen LogP contribution in [0.5, 0.6) is 5.75 Å². The number of hydrogen-bond donors (Lipinski definition) is 1. The zero-order valence-electron chi connectivity index (χ0n) is 22.2. The average Bonchev–Trinajstić information content (AvgIpc) is 3.35. The predicted molar refractivity (Wildman–Crippen MR) is 151 cm³/mol. The van der Waals surface area contributed by atoms with Crippen LogP contribution >= 0.6 is 0 Å². The fourth-order valence-corrected chi connectivity index (χ4v) is 5.77. The number of carbonyl (C=O) groups is 1. The highest BCUT2D eigenvalue weighted by atomic mass is 19.1. The first-order valence-electron chi connectivity index (χ1n) is 13.2. The molecule has 0 spiro atoms. The molecule has 0 fully saturated rings. The van der Waals surface area contributed by atoms with Gasteiger partial charge in [-0.15, -0.1) is 0 Å². The van der Waals surface area contributed by atoms with E-state index in [0.29, 0.717) is 29.0 Å². The molecule has 0 unspecified atom stereocenters. The Morgan fingerprint density at radius 3 is 2.59 bits per heavy atom. The standard InChI is InChI=1S/C33H29FN2O3/c1-19-8-4-5-11-24(19)22-9-6-10-23(14-22)29-17-30-32(26(16-31(37)38)20(2)18-36(30)35-29)27-15-28(34)33-25(21(27)3)12-7-13-39-33/h4-6,8-11,14-15,17-18H,7,12-13,16H2,1-3H3,(H,37,38). The van der Waals surface area contributed by atoms with E-state index in [2.05, 4.69) is 31.2 Å². The van der Waals surface area contributed by atoms with Gasteiger partial charge in [-0.3, -0.25) is 4.79 Å². The van der Waals surface area contributed by atoms with Crippen molar-refractivity contribution in [1.29, 1.82) is 0 Å². The van der Waals surface area contributed by atoms with E-state index in [1.165, 1.54) is 11.6 Å². The van der Waals surface area contributed by atoms with Crippen molar-refractivity contribution < 1.29 is 19.0 Å². The molecule has 3 heterocycles. The van der Waals surface area contributed by atoms with Crippen LogP contribution in [0.2, 0.25) is 0 Å². The quantitative estimate of drug-likeness (QED) is 0.263. The van der Waals surface area contributed by atoms with E-state index in [4.69, 9.17) is 9.84 Å². The molecule has 39 heavy (non-hydrogen) atoms. The second kappa shape index (κ2) is 9.70. The molecular formula is C33H29FN2O3. The van der Waals surface area contributed by atoms with Crippen LogP contribution in [0.25, 0.3) is 39.0 Å². The van der Waals surface area contributed by atoms with Gasteiger partial charge < -0.3 is 9.84 Å². The number of fused-ring (bicyclic) bond motifs is 2. The lowest BCUT2D eigenvalue weighted by Gasteiger charge is -2.23. The molecule has 0 aliphatic carbocycles. The first kappa shape index (κ1) is 24.9. The van der Waals surface area contributed by atoms with Crippen molar-refractivity contribution in [3.05, 3.63) is 100 Å². The third kappa shape index (κ3) is 4.36. The first-order chi connectivity index (χ1) is 18.8. The number of ether oxygens (including phenoxy) is 1. The number of aliphatic carboxylic acids is 1. The van der Waals surface area contributed by atoms with Crippen LogP contribution < -0.4 is 4.74 Å². The van der Waals surface area contributed by atoms with Crippen LogP contribution in [0, 0.1) is 26.6 Å². The van der Waals surface area contributed by atoms with Gasteiger partial charge >= 0.3 is 5.97 Å². The summed E-state index contributed by atoms with van der Waals surface area (Å²) in [6.07, 6.45) is 3.23. The Hall–Kier alpha value is -4.45. The highest BCUT2D eigenvalue weighted by Gasteiger charge is 2.25. The molecule has 6 heteroatoms. The maximum absolute atomic E-state index is 15.3. The van der Waals surface area contributed by atoms with E-state index in [1.807, 2.05) is 50.4 Å². The second-order valence-corrected chi connectivity index (χ2v) is 10.3. The normalized spacial score (nSPS) is 12.8. The van der Waals surface area contributed by atoms with Crippen LogP contribution in [0.4, 0.5) is 4.39 Å². The van der Waals surface area contributed by atoms with Crippen molar-refractivity contribution in [2.24, 2.45) is 0 Å². The lowest BCUT2D eigenvalue weighted by molar-refractivity contribution is -0.136. The zero-order valence-corrected chi connectivity index (χ0v) is 22.2. The summed E-state index contributed by atoms with van der Waals surface area (Å²) in [5, 5.41) is 14.7. The highest BCUT2D eigenvalue weighted by Crippen LogP contribution is 2.41. The monoisotopic (exact) mass is 520 g/mol. The Labute approximate surface area is 226 Å². The summed E-state index contributed by atoms with van der Waals surface area (Å²) < 4.78 is 22.8. The van der Waals surface area contributed by atoms with E-state index in [0.717, 1.165) is 57.4 Å². The lowest BCUT2D eigenvalue weighted by atomic mass is 9.88.